The number of aromatic nitrogens is 1. The molecule has 2 heterocycles. The Morgan fingerprint density at radius 3 is 2.50 bits per heavy atom. The van der Waals surface area contributed by atoms with Crippen molar-refractivity contribution in [3.05, 3.63) is 89.1 Å². The zero-order valence-electron chi connectivity index (χ0n) is 19.8. The smallest absolute Gasteiger partial charge is 0.416 e. The van der Waals surface area contributed by atoms with Gasteiger partial charge in [-0.05, 0) is 17.2 Å². The van der Waals surface area contributed by atoms with Crippen LogP contribution in [0, 0.1) is 0 Å². The summed E-state index contributed by atoms with van der Waals surface area (Å²) < 4.78 is 51.6. The Morgan fingerprint density at radius 2 is 1.75 bits per heavy atom. The number of nitrogens with zero attached hydrogens (tertiary/aromatic N) is 3. The van der Waals surface area contributed by atoms with Gasteiger partial charge in [0, 0.05) is 39.3 Å². The van der Waals surface area contributed by atoms with E-state index in [0.29, 0.717) is 32.8 Å². The number of hydrogen-bond acceptors (Lipinski definition) is 6. The molecular weight excluding hydrogens is 473 g/mol. The van der Waals surface area contributed by atoms with Crippen molar-refractivity contribution in [1.82, 2.24) is 20.1 Å². The molecule has 192 valence electrons. The quantitative estimate of drug-likeness (QED) is 0.453. The Hall–Kier alpha value is -3.21. The fourth-order valence-corrected chi connectivity index (χ4v) is 4.05. The number of ether oxygens (including phenoxy) is 1. The van der Waals surface area contributed by atoms with Crippen molar-refractivity contribution in [3.8, 4) is 0 Å². The lowest BCUT2D eigenvalue weighted by molar-refractivity contribution is -0.138. The average molecular weight is 503 g/mol. The Labute approximate surface area is 207 Å². The van der Waals surface area contributed by atoms with Gasteiger partial charge in [-0.15, -0.1) is 0 Å². The first-order valence-electron chi connectivity index (χ1n) is 11.8. The molecule has 10 heteroatoms. The molecule has 1 saturated heterocycles. The molecule has 1 aliphatic heterocycles. The summed E-state index contributed by atoms with van der Waals surface area (Å²) in [6.07, 6.45) is -3.17. The summed E-state index contributed by atoms with van der Waals surface area (Å²) in [6, 6.07) is 15.0. The van der Waals surface area contributed by atoms with E-state index in [4.69, 9.17) is 9.15 Å². The summed E-state index contributed by atoms with van der Waals surface area (Å²) in [5.41, 5.74) is 0.603. The molecule has 36 heavy (non-hydrogen) atoms. The molecule has 0 spiro atoms. The van der Waals surface area contributed by atoms with E-state index in [-0.39, 0.29) is 36.1 Å². The summed E-state index contributed by atoms with van der Waals surface area (Å²) >= 11 is 0. The number of nitrogens with one attached hydrogen (secondary N) is 1. The monoisotopic (exact) mass is 502 g/mol. The van der Waals surface area contributed by atoms with Crippen LogP contribution in [0.1, 0.15) is 33.1 Å². The third-order valence-electron chi connectivity index (χ3n) is 5.99. The molecule has 2 aromatic carbocycles. The van der Waals surface area contributed by atoms with Crippen molar-refractivity contribution in [1.29, 1.82) is 0 Å². The third-order valence-corrected chi connectivity index (χ3v) is 5.99. The number of morpholine rings is 1. The summed E-state index contributed by atoms with van der Waals surface area (Å²) in [5.74, 6) is -0.109. The first kappa shape index (κ1) is 25.9. The lowest BCUT2D eigenvalue weighted by atomic mass is 10.1. The zero-order valence-corrected chi connectivity index (χ0v) is 19.8. The number of carbonyl (C=O) groups is 1. The molecule has 1 fully saturated rings. The maximum absolute atomic E-state index is 13.6. The number of hydrogen-bond donors (Lipinski definition) is 1. The van der Waals surface area contributed by atoms with Crippen molar-refractivity contribution < 1.29 is 27.1 Å². The highest BCUT2D eigenvalue weighted by Gasteiger charge is 2.33. The van der Waals surface area contributed by atoms with Crippen LogP contribution in [-0.2, 0) is 30.5 Å². The summed E-state index contributed by atoms with van der Waals surface area (Å²) in [6.45, 7) is 4.58. The molecule has 0 unspecified atom stereocenters. The van der Waals surface area contributed by atoms with E-state index in [9.17, 15) is 18.0 Å². The van der Waals surface area contributed by atoms with Gasteiger partial charge in [-0.2, -0.15) is 13.2 Å². The number of benzene rings is 2. The van der Waals surface area contributed by atoms with Gasteiger partial charge in [-0.25, -0.2) is 4.98 Å². The minimum atomic E-state index is -4.45. The lowest BCUT2D eigenvalue weighted by Gasteiger charge is -2.30. The highest BCUT2D eigenvalue weighted by atomic mass is 19.4. The number of halogens is 3. The van der Waals surface area contributed by atoms with E-state index >= 15 is 0 Å². The highest BCUT2D eigenvalue weighted by Crippen LogP contribution is 2.32. The van der Waals surface area contributed by atoms with Gasteiger partial charge in [-0.1, -0.05) is 48.5 Å². The molecule has 0 bridgehead atoms. The van der Waals surface area contributed by atoms with Crippen LogP contribution >= 0.6 is 0 Å². The van der Waals surface area contributed by atoms with Crippen LogP contribution in [0.25, 0.3) is 0 Å². The molecule has 4 rings (SSSR count). The van der Waals surface area contributed by atoms with E-state index in [0.717, 1.165) is 24.7 Å². The molecule has 1 N–H and O–H groups in total. The van der Waals surface area contributed by atoms with E-state index < -0.39 is 11.7 Å². The van der Waals surface area contributed by atoms with Gasteiger partial charge >= 0.3 is 6.18 Å². The first-order valence-corrected chi connectivity index (χ1v) is 11.8. The molecule has 0 atom stereocenters. The largest absolute Gasteiger partial charge is 0.447 e. The van der Waals surface area contributed by atoms with Crippen LogP contribution in [0.2, 0.25) is 0 Å². The minimum absolute atomic E-state index is 0.0674. The molecule has 0 saturated carbocycles. The summed E-state index contributed by atoms with van der Waals surface area (Å²) in [4.78, 5) is 20.9. The molecular formula is C26H29F3N4O3. The molecule has 0 aliphatic carbocycles. The van der Waals surface area contributed by atoms with Crippen LogP contribution in [0.15, 0.2) is 65.3 Å². The predicted octanol–water partition coefficient (Wildman–Crippen LogP) is 3.96. The van der Waals surface area contributed by atoms with E-state index in [2.05, 4.69) is 15.2 Å². The Kier molecular flexibility index (Phi) is 8.74. The molecule has 7 nitrogen and oxygen atoms in total. The van der Waals surface area contributed by atoms with Crippen molar-refractivity contribution in [2.24, 2.45) is 0 Å². The number of alkyl halides is 3. The van der Waals surface area contributed by atoms with Gasteiger partial charge in [0.05, 0.1) is 25.3 Å². The highest BCUT2D eigenvalue weighted by molar-refractivity contribution is 5.91. The molecule has 0 radical (unpaired) electrons. The topological polar surface area (TPSA) is 70.8 Å². The Bertz CT molecular complexity index is 1110. The second kappa shape index (κ2) is 12.2. The van der Waals surface area contributed by atoms with Gasteiger partial charge in [0.2, 0.25) is 5.89 Å². The maximum atomic E-state index is 13.6. The van der Waals surface area contributed by atoms with Gasteiger partial charge < -0.3 is 14.5 Å². The van der Waals surface area contributed by atoms with Crippen LogP contribution < -0.4 is 5.32 Å². The normalized spacial score (nSPS) is 14.8. The molecule has 1 amide bonds. The molecule has 1 aliphatic rings. The number of amides is 1. The number of carbonyl (C=O) groups excluding carboxylic acids is 1. The lowest BCUT2D eigenvalue weighted by Crippen LogP contribution is -2.41. The SMILES string of the molecule is O=C(NCc1ccccc1)c1coc(CN(CCN2CCOCC2)Cc2ccccc2C(F)(F)F)n1. The van der Waals surface area contributed by atoms with Gasteiger partial charge in [0.25, 0.3) is 5.91 Å². The van der Waals surface area contributed by atoms with Crippen LogP contribution in [-0.4, -0.2) is 60.1 Å². The Morgan fingerprint density at radius 1 is 1.03 bits per heavy atom. The predicted molar refractivity (Wildman–Crippen MR) is 127 cm³/mol. The van der Waals surface area contributed by atoms with Crippen molar-refractivity contribution >= 4 is 5.91 Å². The summed E-state index contributed by atoms with van der Waals surface area (Å²) in [7, 11) is 0. The van der Waals surface area contributed by atoms with Crippen LogP contribution in [0.5, 0.6) is 0 Å². The fraction of sp³-hybridized carbons (Fsp3) is 0.385. The Balaban J connectivity index is 1.43. The van der Waals surface area contributed by atoms with Crippen molar-refractivity contribution in [2.45, 2.75) is 25.8 Å². The standard InChI is InChI=1S/C26H29F3N4O3/c27-26(28,29)22-9-5-4-8-21(22)17-33(11-10-32-12-14-35-15-13-32)18-24-31-23(19-36-24)25(34)30-16-20-6-2-1-3-7-20/h1-9,19H,10-18H2,(H,30,34). The van der Waals surface area contributed by atoms with E-state index in [1.165, 1.54) is 18.4 Å². The second-order valence-corrected chi connectivity index (χ2v) is 8.61. The van der Waals surface area contributed by atoms with Crippen LogP contribution in [0.4, 0.5) is 13.2 Å². The number of oxazole rings is 1. The molecule has 3 aromatic rings. The maximum Gasteiger partial charge on any atom is 0.416 e. The van der Waals surface area contributed by atoms with E-state index in [1.54, 1.807) is 6.07 Å². The average Bonchev–Trinajstić information content (AvgIpc) is 3.35. The van der Waals surface area contributed by atoms with Crippen molar-refractivity contribution in [3.63, 3.8) is 0 Å². The number of rotatable bonds is 10. The van der Waals surface area contributed by atoms with Crippen molar-refractivity contribution in [2.75, 3.05) is 39.4 Å². The summed E-state index contributed by atoms with van der Waals surface area (Å²) in [5, 5.41) is 2.80. The van der Waals surface area contributed by atoms with E-state index in [1.807, 2.05) is 35.2 Å². The van der Waals surface area contributed by atoms with Gasteiger partial charge in [0.15, 0.2) is 5.69 Å². The van der Waals surface area contributed by atoms with Crippen LogP contribution in [0.3, 0.4) is 0 Å². The minimum Gasteiger partial charge on any atom is -0.447 e. The van der Waals surface area contributed by atoms with Gasteiger partial charge in [0.1, 0.15) is 6.26 Å². The second-order valence-electron chi connectivity index (χ2n) is 8.61. The first-order chi connectivity index (χ1) is 17.4. The third kappa shape index (κ3) is 7.39. The fourth-order valence-electron chi connectivity index (χ4n) is 4.05. The van der Waals surface area contributed by atoms with Gasteiger partial charge in [-0.3, -0.25) is 14.6 Å². The molecule has 1 aromatic heterocycles. The zero-order chi connectivity index (χ0) is 25.4.